The molecular formula is C24H23N3O4S. The van der Waals surface area contributed by atoms with E-state index in [4.69, 9.17) is 10.9 Å². The fourth-order valence-corrected chi connectivity index (χ4v) is 4.87. The number of sulfone groups is 1. The molecule has 1 aliphatic rings. The van der Waals surface area contributed by atoms with E-state index in [-0.39, 0.29) is 22.6 Å². The summed E-state index contributed by atoms with van der Waals surface area (Å²) < 4.78 is 24.1. The largest absolute Gasteiger partial charge is 0.411 e. The molecule has 7 nitrogen and oxygen atoms in total. The van der Waals surface area contributed by atoms with Crippen molar-refractivity contribution in [2.75, 3.05) is 17.3 Å². The number of anilines is 2. The van der Waals surface area contributed by atoms with Gasteiger partial charge >= 0.3 is 0 Å². The van der Waals surface area contributed by atoms with E-state index in [9.17, 15) is 13.2 Å². The summed E-state index contributed by atoms with van der Waals surface area (Å²) in [5, 5.41) is 14.9. The summed E-state index contributed by atoms with van der Waals surface area (Å²) in [5.41, 5.74) is 9.99. The maximum absolute atomic E-state index is 12.7. The Kier molecular flexibility index (Phi) is 5.71. The normalized spacial score (nSPS) is 17.9. The summed E-state index contributed by atoms with van der Waals surface area (Å²) in [6.45, 7) is 0. The molecule has 1 fully saturated rings. The van der Waals surface area contributed by atoms with Crippen LogP contribution in [0.25, 0.3) is 11.1 Å². The first-order chi connectivity index (χ1) is 15.3. The van der Waals surface area contributed by atoms with E-state index in [0.29, 0.717) is 28.9 Å². The molecule has 32 heavy (non-hydrogen) atoms. The van der Waals surface area contributed by atoms with Crippen LogP contribution in [0.1, 0.15) is 23.5 Å². The van der Waals surface area contributed by atoms with Crippen molar-refractivity contribution in [1.29, 1.82) is 0 Å². The quantitative estimate of drug-likeness (QED) is 0.228. The van der Waals surface area contributed by atoms with Crippen molar-refractivity contribution in [2.45, 2.75) is 17.2 Å². The standard InChI is InChI=1S/C24H23N3O4S/c1-32(30,31)23-8-3-2-5-17(23)15-9-11-16(12-10-15)27-24(28)20-13-19(20)18-6-4-7-22(25)21(18)14-26-29/h2-12,14,19-20,29H,13,25H2,1H3,(H,27,28)/t19-,20-/m1/s1. The zero-order valence-electron chi connectivity index (χ0n) is 17.4. The third-order valence-corrected chi connectivity index (χ3v) is 6.79. The lowest BCUT2D eigenvalue weighted by molar-refractivity contribution is -0.117. The smallest absolute Gasteiger partial charge is 0.228 e. The van der Waals surface area contributed by atoms with Gasteiger partial charge in [-0.3, -0.25) is 4.79 Å². The van der Waals surface area contributed by atoms with Crippen molar-refractivity contribution in [1.82, 2.24) is 0 Å². The van der Waals surface area contributed by atoms with E-state index in [0.717, 1.165) is 11.1 Å². The van der Waals surface area contributed by atoms with Crippen molar-refractivity contribution in [2.24, 2.45) is 11.1 Å². The molecule has 0 aromatic heterocycles. The third kappa shape index (κ3) is 4.36. The molecule has 0 spiro atoms. The molecule has 0 saturated heterocycles. The van der Waals surface area contributed by atoms with E-state index < -0.39 is 9.84 Å². The van der Waals surface area contributed by atoms with Crippen LogP contribution in [0.3, 0.4) is 0 Å². The maximum Gasteiger partial charge on any atom is 0.228 e. The minimum Gasteiger partial charge on any atom is -0.411 e. The second kappa shape index (κ2) is 8.47. The Morgan fingerprint density at radius 2 is 1.81 bits per heavy atom. The SMILES string of the molecule is CS(=O)(=O)c1ccccc1-c1ccc(NC(=O)[C@@H]2C[C@@H]2c2cccc(N)c2C=NO)cc1. The number of nitrogens with zero attached hydrogens (tertiary/aromatic N) is 1. The fourth-order valence-electron chi connectivity index (χ4n) is 3.96. The van der Waals surface area contributed by atoms with E-state index in [1.165, 1.54) is 12.5 Å². The Morgan fingerprint density at radius 1 is 1.09 bits per heavy atom. The van der Waals surface area contributed by atoms with Crippen molar-refractivity contribution >= 4 is 33.3 Å². The van der Waals surface area contributed by atoms with Crippen LogP contribution in [0.2, 0.25) is 0 Å². The molecule has 3 aromatic rings. The van der Waals surface area contributed by atoms with Gasteiger partial charge in [-0.2, -0.15) is 0 Å². The van der Waals surface area contributed by atoms with Gasteiger partial charge in [0.2, 0.25) is 5.91 Å². The first-order valence-corrected chi connectivity index (χ1v) is 11.9. The molecule has 4 N–H and O–H groups in total. The highest BCUT2D eigenvalue weighted by Crippen LogP contribution is 2.49. The van der Waals surface area contributed by atoms with Gasteiger partial charge in [0.1, 0.15) is 0 Å². The highest BCUT2D eigenvalue weighted by molar-refractivity contribution is 7.90. The van der Waals surface area contributed by atoms with Gasteiger partial charge in [0, 0.05) is 34.7 Å². The monoisotopic (exact) mass is 449 g/mol. The molecule has 0 radical (unpaired) electrons. The predicted octanol–water partition coefficient (Wildman–Crippen LogP) is 3.89. The molecule has 8 heteroatoms. The summed E-state index contributed by atoms with van der Waals surface area (Å²) in [5.74, 6) is -0.297. The molecule has 1 saturated carbocycles. The minimum absolute atomic E-state index is 0.00686. The highest BCUT2D eigenvalue weighted by atomic mass is 32.2. The first-order valence-electron chi connectivity index (χ1n) is 10.1. The summed E-state index contributed by atoms with van der Waals surface area (Å²) in [7, 11) is -3.36. The molecule has 0 unspecified atom stereocenters. The number of nitrogens with two attached hydrogens (primary N) is 1. The number of rotatable bonds is 6. The lowest BCUT2D eigenvalue weighted by Crippen LogP contribution is -2.14. The van der Waals surface area contributed by atoms with Crippen molar-refractivity contribution in [3.05, 3.63) is 77.9 Å². The number of carbonyl (C=O) groups is 1. The number of nitrogens with one attached hydrogen (secondary N) is 1. The number of carbonyl (C=O) groups excluding carboxylic acids is 1. The molecule has 3 aromatic carbocycles. The molecule has 164 valence electrons. The Labute approximate surface area is 186 Å². The topological polar surface area (TPSA) is 122 Å². The van der Waals surface area contributed by atoms with E-state index in [1.54, 1.807) is 54.6 Å². The minimum atomic E-state index is -3.36. The molecule has 1 amide bonds. The third-order valence-electron chi connectivity index (χ3n) is 5.64. The van der Waals surface area contributed by atoms with Gasteiger partial charge in [-0.1, -0.05) is 47.6 Å². The van der Waals surface area contributed by atoms with Gasteiger partial charge < -0.3 is 16.3 Å². The second-order valence-electron chi connectivity index (χ2n) is 7.88. The molecular weight excluding hydrogens is 426 g/mol. The molecule has 1 aliphatic carbocycles. The molecule has 0 bridgehead atoms. The van der Waals surface area contributed by atoms with E-state index >= 15 is 0 Å². The van der Waals surface area contributed by atoms with Crippen LogP contribution in [-0.4, -0.2) is 32.0 Å². The lowest BCUT2D eigenvalue weighted by Gasteiger charge is -2.10. The number of hydrogen-bond acceptors (Lipinski definition) is 6. The predicted molar refractivity (Wildman–Crippen MR) is 125 cm³/mol. The molecule has 2 atom stereocenters. The van der Waals surface area contributed by atoms with Crippen molar-refractivity contribution in [3.8, 4) is 11.1 Å². The number of amides is 1. The van der Waals surface area contributed by atoms with Gasteiger partial charge in [0.25, 0.3) is 0 Å². The Balaban J connectivity index is 1.48. The average Bonchev–Trinajstić information content (AvgIpc) is 3.56. The molecule has 0 aliphatic heterocycles. The summed E-state index contributed by atoms with van der Waals surface area (Å²) in [6, 6.07) is 19.4. The first kappa shape index (κ1) is 21.6. The molecule has 4 rings (SSSR count). The van der Waals surface area contributed by atoms with Gasteiger partial charge in [-0.15, -0.1) is 0 Å². The summed E-state index contributed by atoms with van der Waals surface area (Å²) in [6.07, 6.45) is 3.16. The Bertz CT molecular complexity index is 1300. The fraction of sp³-hybridized carbons (Fsp3) is 0.167. The van der Waals surface area contributed by atoms with Gasteiger partial charge in [0.05, 0.1) is 11.1 Å². The maximum atomic E-state index is 12.7. The number of hydrogen-bond donors (Lipinski definition) is 3. The highest BCUT2D eigenvalue weighted by Gasteiger charge is 2.45. The van der Waals surface area contributed by atoms with Crippen LogP contribution in [-0.2, 0) is 14.6 Å². The van der Waals surface area contributed by atoms with Gasteiger partial charge in [0.15, 0.2) is 9.84 Å². The average molecular weight is 450 g/mol. The summed E-state index contributed by atoms with van der Waals surface area (Å²) >= 11 is 0. The van der Waals surface area contributed by atoms with Crippen LogP contribution < -0.4 is 11.1 Å². The zero-order valence-corrected chi connectivity index (χ0v) is 18.2. The molecule has 0 heterocycles. The van der Waals surface area contributed by atoms with Crippen LogP contribution in [0.4, 0.5) is 11.4 Å². The van der Waals surface area contributed by atoms with Gasteiger partial charge in [-0.05, 0) is 47.7 Å². The van der Waals surface area contributed by atoms with E-state index in [1.807, 2.05) is 12.1 Å². The number of benzene rings is 3. The van der Waals surface area contributed by atoms with Gasteiger partial charge in [-0.25, -0.2) is 8.42 Å². The van der Waals surface area contributed by atoms with E-state index in [2.05, 4.69) is 10.5 Å². The van der Waals surface area contributed by atoms with Crippen LogP contribution in [0.15, 0.2) is 76.8 Å². The number of oxime groups is 1. The van der Waals surface area contributed by atoms with Crippen molar-refractivity contribution in [3.63, 3.8) is 0 Å². The Hall–Kier alpha value is -3.65. The summed E-state index contributed by atoms with van der Waals surface area (Å²) in [4.78, 5) is 13.0. The van der Waals surface area contributed by atoms with Crippen LogP contribution in [0, 0.1) is 5.92 Å². The van der Waals surface area contributed by atoms with Crippen molar-refractivity contribution < 1.29 is 18.4 Å². The Morgan fingerprint density at radius 3 is 2.50 bits per heavy atom. The lowest BCUT2D eigenvalue weighted by atomic mass is 10.0. The van der Waals surface area contributed by atoms with Crippen LogP contribution >= 0.6 is 0 Å². The number of nitrogen functional groups attached to an aromatic ring is 1. The second-order valence-corrected chi connectivity index (χ2v) is 9.86. The van der Waals surface area contributed by atoms with Crippen LogP contribution in [0.5, 0.6) is 0 Å². The zero-order chi connectivity index (χ0) is 22.9.